The number of nitrogens with zero attached hydrogens (tertiary/aromatic N) is 3. The number of carbonyl (C=O) groups is 2. The van der Waals surface area contributed by atoms with Gasteiger partial charge in [0.2, 0.25) is 5.75 Å². The molecule has 1 atom stereocenters. The van der Waals surface area contributed by atoms with Gasteiger partial charge in [0.25, 0.3) is 11.8 Å². The first-order valence-corrected chi connectivity index (χ1v) is 10.4. The number of carboxylic acid groups (broad SMARTS) is 1. The second kappa shape index (κ2) is 10.1. The maximum absolute atomic E-state index is 12.8. The van der Waals surface area contributed by atoms with Crippen LogP contribution in [0, 0.1) is 5.92 Å². The number of amides is 2. The average molecular weight is 429 g/mol. The fraction of sp³-hybridized carbons (Fsp3) is 0.476. The van der Waals surface area contributed by atoms with Gasteiger partial charge in [-0.25, -0.2) is 9.78 Å². The monoisotopic (exact) mass is 429 g/mol. The molecule has 0 radical (unpaired) electrons. The third-order valence-corrected chi connectivity index (χ3v) is 5.54. The van der Waals surface area contributed by atoms with E-state index in [1.165, 1.54) is 12.6 Å². The minimum Gasteiger partial charge on any atom is -0.501 e. The lowest BCUT2D eigenvalue weighted by atomic mass is 9.84. The molecule has 1 aliphatic rings. The van der Waals surface area contributed by atoms with Crippen molar-refractivity contribution in [1.29, 1.82) is 0 Å². The summed E-state index contributed by atoms with van der Waals surface area (Å²) in [5.74, 6) is -1.62. The highest BCUT2D eigenvalue weighted by Gasteiger charge is 2.26. The van der Waals surface area contributed by atoms with Crippen molar-refractivity contribution in [3.05, 3.63) is 29.6 Å². The van der Waals surface area contributed by atoms with E-state index in [4.69, 9.17) is 5.11 Å². The lowest BCUT2D eigenvalue weighted by Gasteiger charge is -2.28. The summed E-state index contributed by atoms with van der Waals surface area (Å²) in [5, 5.41) is 34.1. The van der Waals surface area contributed by atoms with E-state index in [1.807, 2.05) is 6.92 Å². The summed E-state index contributed by atoms with van der Waals surface area (Å²) in [5.41, 5.74) is 0.745. The standard InChI is InChI=1S/C21H27N5O5/c1-12(14-5-3-2-4-6-14)24-19(28)16-17(27)20(29)26-18(25-16)15-11-13(7-9-22-15)8-10-23-21(30)31/h7,9,11-12,14,23,27H,2-6,8,10H2,1H3,(H,24,28)(H,30,31)(H,25,26,29)/t12-/m1/s1. The predicted molar refractivity (Wildman–Crippen MR) is 112 cm³/mol. The second-order valence-electron chi connectivity index (χ2n) is 7.76. The Morgan fingerprint density at radius 2 is 1.94 bits per heavy atom. The Labute approximate surface area is 179 Å². The van der Waals surface area contributed by atoms with E-state index in [9.17, 15) is 19.8 Å². The van der Waals surface area contributed by atoms with Gasteiger partial charge < -0.3 is 26.0 Å². The van der Waals surface area contributed by atoms with Crippen molar-refractivity contribution in [1.82, 2.24) is 25.6 Å². The van der Waals surface area contributed by atoms with Crippen LogP contribution >= 0.6 is 0 Å². The van der Waals surface area contributed by atoms with E-state index in [0.29, 0.717) is 12.3 Å². The molecule has 2 aromatic heterocycles. The van der Waals surface area contributed by atoms with Crippen LogP contribution in [0.1, 0.15) is 55.1 Å². The van der Waals surface area contributed by atoms with Crippen molar-refractivity contribution in [2.75, 3.05) is 6.54 Å². The first-order chi connectivity index (χ1) is 14.8. The minimum atomic E-state index is -1.11. The molecule has 1 fully saturated rings. The van der Waals surface area contributed by atoms with E-state index in [2.05, 4.69) is 25.6 Å². The maximum atomic E-state index is 12.8. The summed E-state index contributed by atoms with van der Waals surface area (Å²) in [6, 6.07) is 3.27. The Hall–Kier alpha value is -3.43. The number of nitrogens with one attached hydrogen (secondary N) is 2. The molecule has 0 spiro atoms. The van der Waals surface area contributed by atoms with Crippen molar-refractivity contribution in [2.24, 2.45) is 5.92 Å². The van der Waals surface area contributed by atoms with Crippen LogP contribution in [0.4, 0.5) is 4.79 Å². The Kier molecular flexibility index (Phi) is 7.22. The number of rotatable bonds is 7. The third-order valence-electron chi connectivity index (χ3n) is 5.54. The highest BCUT2D eigenvalue weighted by molar-refractivity contribution is 5.96. The van der Waals surface area contributed by atoms with Crippen molar-refractivity contribution in [3.8, 4) is 23.1 Å². The molecule has 2 aromatic rings. The van der Waals surface area contributed by atoms with Gasteiger partial charge in [-0.05, 0) is 49.8 Å². The van der Waals surface area contributed by atoms with Gasteiger partial charge >= 0.3 is 6.09 Å². The normalized spacial score (nSPS) is 15.3. The summed E-state index contributed by atoms with van der Waals surface area (Å²) in [4.78, 5) is 35.5. The molecular weight excluding hydrogens is 402 g/mol. The zero-order valence-corrected chi connectivity index (χ0v) is 17.3. The van der Waals surface area contributed by atoms with Gasteiger partial charge in [0.05, 0.1) is 0 Å². The van der Waals surface area contributed by atoms with Gasteiger partial charge in [-0.1, -0.05) is 19.3 Å². The fourth-order valence-electron chi connectivity index (χ4n) is 3.81. The molecule has 1 saturated carbocycles. The van der Waals surface area contributed by atoms with Crippen molar-refractivity contribution in [2.45, 2.75) is 51.5 Å². The molecule has 3 rings (SSSR count). The molecule has 31 heavy (non-hydrogen) atoms. The molecule has 0 bridgehead atoms. The lowest BCUT2D eigenvalue weighted by Crippen LogP contribution is -2.39. The first kappa shape index (κ1) is 22.3. The molecule has 2 heterocycles. The molecule has 0 unspecified atom stereocenters. The van der Waals surface area contributed by atoms with Crippen molar-refractivity contribution < 1.29 is 24.9 Å². The number of hydrogen-bond acceptors (Lipinski definition) is 7. The summed E-state index contributed by atoms with van der Waals surface area (Å²) in [6.45, 7) is 2.15. The van der Waals surface area contributed by atoms with Crippen LogP contribution in [0.2, 0.25) is 0 Å². The molecule has 10 heteroatoms. The smallest absolute Gasteiger partial charge is 0.404 e. The molecule has 0 aliphatic heterocycles. The summed E-state index contributed by atoms with van der Waals surface area (Å²) in [6.07, 6.45) is 6.37. The Balaban J connectivity index is 1.79. The molecule has 5 N–H and O–H groups in total. The maximum Gasteiger partial charge on any atom is 0.404 e. The molecule has 0 saturated heterocycles. The van der Waals surface area contributed by atoms with Crippen LogP contribution in [-0.2, 0) is 6.42 Å². The number of aromatic nitrogens is 3. The summed E-state index contributed by atoms with van der Waals surface area (Å²) < 4.78 is 0. The molecular formula is C21H27N5O5. The SMILES string of the molecule is C[C@@H](NC(=O)c1nc(-c2cc(CCNC(=O)O)ccn2)nc(O)c1O)C1CCCCC1. The molecule has 1 aliphatic carbocycles. The Bertz CT molecular complexity index is 946. The first-order valence-electron chi connectivity index (χ1n) is 10.4. The van der Waals surface area contributed by atoms with Crippen LogP contribution in [0.25, 0.3) is 11.5 Å². The molecule has 0 aromatic carbocycles. The highest BCUT2D eigenvalue weighted by atomic mass is 16.4. The van der Waals surface area contributed by atoms with Gasteiger partial charge in [-0.15, -0.1) is 0 Å². The van der Waals surface area contributed by atoms with Crippen LogP contribution in [-0.4, -0.2) is 54.9 Å². The number of hydrogen-bond donors (Lipinski definition) is 5. The van der Waals surface area contributed by atoms with Gasteiger partial charge in [-0.3, -0.25) is 9.78 Å². The molecule has 10 nitrogen and oxygen atoms in total. The van der Waals surface area contributed by atoms with E-state index < -0.39 is 23.6 Å². The van der Waals surface area contributed by atoms with Crippen LogP contribution < -0.4 is 10.6 Å². The zero-order valence-electron chi connectivity index (χ0n) is 17.3. The largest absolute Gasteiger partial charge is 0.501 e. The fourth-order valence-corrected chi connectivity index (χ4v) is 3.81. The molecule has 166 valence electrons. The van der Waals surface area contributed by atoms with Gasteiger partial charge in [0.1, 0.15) is 5.69 Å². The zero-order chi connectivity index (χ0) is 22.4. The minimum absolute atomic E-state index is 0.0150. The number of aromatic hydroxyl groups is 2. The Morgan fingerprint density at radius 3 is 2.65 bits per heavy atom. The van der Waals surface area contributed by atoms with Gasteiger partial charge in [0, 0.05) is 18.8 Å². The quantitative estimate of drug-likeness (QED) is 0.449. The van der Waals surface area contributed by atoms with E-state index in [0.717, 1.165) is 31.2 Å². The van der Waals surface area contributed by atoms with Crippen molar-refractivity contribution in [3.63, 3.8) is 0 Å². The summed E-state index contributed by atoms with van der Waals surface area (Å²) >= 11 is 0. The second-order valence-corrected chi connectivity index (χ2v) is 7.76. The Morgan fingerprint density at radius 1 is 1.19 bits per heavy atom. The van der Waals surface area contributed by atoms with Crippen molar-refractivity contribution >= 4 is 12.0 Å². The van der Waals surface area contributed by atoms with E-state index >= 15 is 0 Å². The van der Waals surface area contributed by atoms with Gasteiger partial charge in [0.15, 0.2) is 11.5 Å². The van der Waals surface area contributed by atoms with Crippen LogP contribution in [0.15, 0.2) is 18.3 Å². The van der Waals surface area contributed by atoms with Crippen LogP contribution in [0.5, 0.6) is 11.6 Å². The number of carbonyl (C=O) groups excluding carboxylic acids is 1. The predicted octanol–water partition coefficient (Wildman–Crippen LogP) is 2.46. The van der Waals surface area contributed by atoms with E-state index in [-0.39, 0.29) is 29.8 Å². The number of pyridine rings is 1. The average Bonchev–Trinajstić information content (AvgIpc) is 2.76. The summed E-state index contributed by atoms with van der Waals surface area (Å²) in [7, 11) is 0. The lowest BCUT2D eigenvalue weighted by molar-refractivity contribution is 0.0910. The third kappa shape index (κ3) is 5.80. The highest BCUT2D eigenvalue weighted by Crippen LogP contribution is 2.30. The van der Waals surface area contributed by atoms with Crippen LogP contribution in [0.3, 0.4) is 0 Å². The van der Waals surface area contributed by atoms with Gasteiger partial charge in [-0.2, -0.15) is 4.98 Å². The topological polar surface area (TPSA) is 158 Å². The molecule has 2 amide bonds. The van der Waals surface area contributed by atoms with E-state index in [1.54, 1.807) is 12.1 Å².